The van der Waals surface area contributed by atoms with Crippen molar-refractivity contribution in [2.24, 2.45) is 0 Å². The van der Waals surface area contributed by atoms with E-state index in [0.717, 1.165) is 12.1 Å². The molecule has 1 unspecified atom stereocenters. The summed E-state index contributed by atoms with van der Waals surface area (Å²) in [4.78, 5) is 11.8. The molecule has 1 rings (SSSR count). The Labute approximate surface area is 110 Å². The van der Waals surface area contributed by atoms with Crippen molar-refractivity contribution < 1.29 is 4.79 Å². The van der Waals surface area contributed by atoms with Gasteiger partial charge in [-0.3, -0.25) is 4.79 Å². The van der Waals surface area contributed by atoms with Gasteiger partial charge in [-0.25, -0.2) is 0 Å². The molecule has 0 heterocycles. The van der Waals surface area contributed by atoms with Crippen LogP contribution in [-0.2, 0) is 11.2 Å². The van der Waals surface area contributed by atoms with Gasteiger partial charge in [-0.2, -0.15) is 0 Å². The molecule has 1 amide bonds. The minimum Gasteiger partial charge on any atom is -0.374 e. The zero-order chi connectivity index (χ0) is 13.7. The quantitative estimate of drug-likeness (QED) is 0.841. The fourth-order valence-electron chi connectivity index (χ4n) is 1.91. The molecule has 100 valence electrons. The Morgan fingerprint density at radius 2 is 1.94 bits per heavy atom. The second-order valence-corrected chi connectivity index (χ2v) is 5.02. The third-order valence-corrected chi connectivity index (χ3v) is 2.93. The van der Waals surface area contributed by atoms with Gasteiger partial charge in [-0.15, -0.1) is 0 Å². The van der Waals surface area contributed by atoms with Crippen LogP contribution in [0, 0.1) is 6.92 Å². The van der Waals surface area contributed by atoms with Gasteiger partial charge in [-0.05, 0) is 57.4 Å². The van der Waals surface area contributed by atoms with E-state index in [1.54, 1.807) is 0 Å². The lowest BCUT2D eigenvalue weighted by molar-refractivity contribution is -0.122. The molecule has 0 fully saturated rings. The van der Waals surface area contributed by atoms with Gasteiger partial charge in [-0.1, -0.05) is 13.0 Å². The Balaban J connectivity index is 2.67. The van der Waals surface area contributed by atoms with Crippen LogP contribution in [0.3, 0.4) is 0 Å². The lowest BCUT2D eigenvalue weighted by Gasteiger charge is -2.17. The standard InChI is InChI=1S/C15H24N2O/c1-6-13-7-8-14(9-11(13)4)17-12(5)15(18)16-10(2)3/h7-10,12,17H,6H2,1-5H3,(H,16,18). The fourth-order valence-corrected chi connectivity index (χ4v) is 1.91. The SMILES string of the molecule is CCc1ccc(NC(C)C(=O)NC(C)C)cc1C. The Kier molecular flexibility index (Phi) is 5.20. The molecule has 18 heavy (non-hydrogen) atoms. The average Bonchev–Trinajstić information content (AvgIpc) is 2.28. The average molecular weight is 248 g/mol. The molecule has 0 aliphatic carbocycles. The second-order valence-electron chi connectivity index (χ2n) is 5.02. The topological polar surface area (TPSA) is 41.1 Å². The summed E-state index contributed by atoms with van der Waals surface area (Å²) < 4.78 is 0. The minimum atomic E-state index is -0.223. The molecule has 3 heteroatoms. The lowest BCUT2D eigenvalue weighted by Crippen LogP contribution is -2.40. The maximum absolute atomic E-state index is 11.8. The van der Waals surface area contributed by atoms with Crippen molar-refractivity contribution in [2.45, 2.75) is 53.1 Å². The predicted molar refractivity (Wildman–Crippen MR) is 76.9 cm³/mol. The van der Waals surface area contributed by atoms with E-state index in [0.29, 0.717) is 0 Å². The van der Waals surface area contributed by atoms with Crippen LogP contribution in [-0.4, -0.2) is 18.0 Å². The second kappa shape index (κ2) is 6.43. The van der Waals surface area contributed by atoms with Crippen molar-refractivity contribution in [3.05, 3.63) is 29.3 Å². The fraction of sp³-hybridized carbons (Fsp3) is 0.533. The van der Waals surface area contributed by atoms with Crippen LogP contribution in [0.2, 0.25) is 0 Å². The Hall–Kier alpha value is -1.51. The number of hydrogen-bond acceptors (Lipinski definition) is 2. The van der Waals surface area contributed by atoms with Gasteiger partial charge in [0.25, 0.3) is 0 Å². The molecular weight excluding hydrogens is 224 g/mol. The summed E-state index contributed by atoms with van der Waals surface area (Å²) in [5.41, 5.74) is 3.61. The van der Waals surface area contributed by atoms with E-state index >= 15 is 0 Å². The Morgan fingerprint density at radius 1 is 1.28 bits per heavy atom. The monoisotopic (exact) mass is 248 g/mol. The van der Waals surface area contributed by atoms with E-state index in [2.05, 4.69) is 36.6 Å². The number of nitrogens with one attached hydrogen (secondary N) is 2. The molecule has 0 saturated heterocycles. The van der Waals surface area contributed by atoms with Crippen molar-refractivity contribution in [1.29, 1.82) is 0 Å². The normalized spacial score (nSPS) is 12.3. The zero-order valence-electron chi connectivity index (χ0n) is 12.0. The molecular formula is C15H24N2O. The zero-order valence-corrected chi connectivity index (χ0v) is 12.0. The number of aryl methyl sites for hydroxylation is 2. The maximum atomic E-state index is 11.8. The molecule has 1 aromatic rings. The first-order valence-electron chi connectivity index (χ1n) is 6.60. The summed E-state index contributed by atoms with van der Waals surface area (Å²) in [6.07, 6.45) is 1.04. The largest absolute Gasteiger partial charge is 0.374 e. The van der Waals surface area contributed by atoms with Crippen molar-refractivity contribution in [2.75, 3.05) is 5.32 Å². The summed E-state index contributed by atoms with van der Waals surface area (Å²) in [5.74, 6) is 0.0298. The van der Waals surface area contributed by atoms with Crippen molar-refractivity contribution >= 4 is 11.6 Å². The lowest BCUT2D eigenvalue weighted by atomic mass is 10.1. The highest BCUT2D eigenvalue weighted by molar-refractivity contribution is 5.84. The third-order valence-electron chi connectivity index (χ3n) is 2.93. The van der Waals surface area contributed by atoms with Gasteiger partial charge in [0.05, 0.1) is 0 Å². The summed E-state index contributed by atoms with van der Waals surface area (Å²) in [6, 6.07) is 6.19. The first kappa shape index (κ1) is 14.6. The maximum Gasteiger partial charge on any atom is 0.242 e. The molecule has 2 N–H and O–H groups in total. The van der Waals surface area contributed by atoms with E-state index in [9.17, 15) is 4.79 Å². The summed E-state index contributed by atoms with van der Waals surface area (Å²) >= 11 is 0. The van der Waals surface area contributed by atoms with Crippen LogP contribution in [0.1, 0.15) is 38.8 Å². The number of carbonyl (C=O) groups is 1. The number of benzene rings is 1. The minimum absolute atomic E-state index is 0.0298. The molecule has 1 aromatic carbocycles. The predicted octanol–water partition coefficient (Wildman–Crippen LogP) is 2.88. The number of amides is 1. The van der Waals surface area contributed by atoms with Crippen molar-refractivity contribution in [1.82, 2.24) is 5.32 Å². The number of anilines is 1. The van der Waals surface area contributed by atoms with Gasteiger partial charge < -0.3 is 10.6 Å². The Bertz CT molecular complexity index is 413. The highest BCUT2D eigenvalue weighted by Crippen LogP contribution is 2.16. The Morgan fingerprint density at radius 3 is 2.44 bits per heavy atom. The number of hydrogen-bond donors (Lipinski definition) is 2. The molecule has 0 spiro atoms. The van der Waals surface area contributed by atoms with E-state index in [4.69, 9.17) is 0 Å². The summed E-state index contributed by atoms with van der Waals surface area (Å²) in [6.45, 7) is 10.0. The highest BCUT2D eigenvalue weighted by atomic mass is 16.2. The smallest absolute Gasteiger partial charge is 0.242 e. The van der Waals surface area contributed by atoms with E-state index in [-0.39, 0.29) is 18.0 Å². The van der Waals surface area contributed by atoms with Crippen LogP contribution in [0.25, 0.3) is 0 Å². The molecule has 0 aromatic heterocycles. The molecule has 0 aliphatic rings. The molecule has 3 nitrogen and oxygen atoms in total. The number of rotatable bonds is 5. The van der Waals surface area contributed by atoms with Gasteiger partial charge >= 0.3 is 0 Å². The van der Waals surface area contributed by atoms with Crippen molar-refractivity contribution in [3.63, 3.8) is 0 Å². The van der Waals surface area contributed by atoms with Gasteiger partial charge in [0, 0.05) is 11.7 Å². The first-order chi connectivity index (χ1) is 8.43. The van der Waals surface area contributed by atoms with Gasteiger partial charge in [0.2, 0.25) is 5.91 Å². The van der Waals surface area contributed by atoms with E-state index in [1.165, 1.54) is 11.1 Å². The van der Waals surface area contributed by atoms with Crippen molar-refractivity contribution in [3.8, 4) is 0 Å². The summed E-state index contributed by atoms with van der Waals surface area (Å²) in [7, 11) is 0. The molecule has 1 atom stereocenters. The number of carbonyl (C=O) groups excluding carboxylic acids is 1. The third kappa shape index (κ3) is 4.06. The molecule has 0 aliphatic heterocycles. The first-order valence-corrected chi connectivity index (χ1v) is 6.60. The van der Waals surface area contributed by atoms with E-state index < -0.39 is 0 Å². The summed E-state index contributed by atoms with van der Waals surface area (Å²) in [5, 5.41) is 6.13. The van der Waals surface area contributed by atoms with Gasteiger partial charge in [0.15, 0.2) is 0 Å². The van der Waals surface area contributed by atoms with Crippen LogP contribution in [0.5, 0.6) is 0 Å². The van der Waals surface area contributed by atoms with Crippen LogP contribution in [0.4, 0.5) is 5.69 Å². The van der Waals surface area contributed by atoms with Crippen LogP contribution < -0.4 is 10.6 Å². The van der Waals surface area contributed by atoms with Crippen LogP contribution >= 0.6 is 0 Å². The molecule has 0 saturated carbocycles. The molecule has 0 bridgehead atoms. The molecule has 0 radical (unpaired) electrons. The van der Waals surface area contributed by atoms with E-state index in [1.807, 2.05) is 26.8 Å². The highest BCUT2D eigenvalue weighted by Gasteiger charge is 2.13. The van der Waals surface area contributed by atoms with Gasteiger partial charge in [0.1, 0.15) is 6.04 Å². The van der Waals surface area contributed by atoms with Crippen LogP contribution in [0.15, 0.2) is 18.2 Å².